The number of rotatable bonds is 4. The fourth-order valence-electron chi connectivity index (χ4n) is 2.60. The van der Waals surface area contributed by atoms with Crippen LogP contribution in [0.5, 0.6) is 0 Å². The summed E-state index contributed by atoms with van der Waals surface area (Å²) in [6, 6.07) is 2.92. The van der Waals surface area contributed by atoms with E-state index in [1.54, 1.807) is 9.80 Å². The van der Waals surface area contributed by atoms with Gasteiger partial charge in [0, 0.05) is 32.2 Å². The van der Waals surface area contributed by atoms with Gasteiger partial charge in [0.25, 0.3) is 0 Å². The lowest BCUT2D eigenvalue weighted by atomic mass is 9.98. The van der Waals surface area contributed by atoms with Gasteiger partial charge in [-0.1, -0.05) is 20.3 Å². The number of carbonyl (C=O) groups excluding carboxylic acids is 1. The lowest BCUT2D eigenvalue weighted by Gasteiger charge is -2.37. The molecule has 0 aromatic heterocycles. The molecule has 2 N–H and O–H groups in total. The predicted octanol–water partition coefficient (Wildman–Crippen LogP) is 2.41. The molecule has 1 aliphatic rings. The van der Waals surface area contributed by atoms with E-state index in [-0.39, 0.29) is 29.9 Å². The molecule has 1 aromatic carbocycles. The third-order valence-electron chi connectivity index (χ3n) is 4.38. The number of hydrogen-bond donors (Lipinski definition) is 1. The molecule has 0 aliphatic carbocycles. The normalized spacial score (nSPS) is 17.4. The second-order valence-electron chi connectivity index (χ2n) is 5.82. The van der Waals surface area contributed by atoms with E-state index < -0.39 is 17.7 Å². The minimum Gasteiger partial charge on any atom is -0.366 e. The van der Waals surface area contributed by atoms with Gasteiger partial charge in [-0.15, -0.1) is 12.4 Å². The average Bonchev–Trinajstić information content (AvgIpc) is 2.55. The largest absolute Gasteiger partial charge is 0.366 e. The number of benzene rings is 1. The molecule has 1 amide bonds. The van der Waals surface area contributed by atoms with Crippen molar-refractivity contribution in [3.05, 3.63) is 29.8 Å². The Bertz CT molecular complexity index is 536. The zero-order chi connectivity index (χ0) is 16.3. The molecule has 2 unspecified atom stereocenters. The smallest absolute Gasteiger partial charge is 0.239 e. The molecule has 4 nitrogen and oxygen atoms in total. The number of nitrogens with two attached hydrogens (primary N) is 1. The highest BCUT2D eigenvalue weighted by atomic mass is 35.5. The van der Waals surface area contributed by atoms with Gasteiger partial charge in [-0.3, -0.25) is 4.79 Å². The van der Waals surface area contributed by atoms with E-state index in [2.05, 4.69) is 0 Å². The summed E-state index contributed by atoms with van der Waals surface area (Å²) in [4.78, 5) is 15.8. The summed E-state index contributed by atoms with van der Waals surface area (Å²) in [6.07, 6.45) is 0.849. The Morgan fingerprint density at radius 3 is 2.43 bits per heavy atom. The van der Waals surface area contributed by atoms with Crippen molar-refractivity contribution >= 4 is 24.0 Å². The van der Waals surface area contributed by atoms with Crippen molar-refractivity contribution in [3.63, 3.8) is 0 Å². The van der Waals surface area contributed by atoms with Crippen molar-refractivity contribution < 1.29 is 13.6 Å². The van der Waals surface area contributed by atoms with Crippen LogP contribution < -0.4 is 10.6 Å². The van der Waals surface area contributed by atoms with E-state index in [0.29, 0.717) is 26.2 Å². The molecular weight excluding hydrogens is 324 g/mol. The third kappa shape index (κ3) is 4.54. The van der Waals surface area contributed by atoms with E-state index in [1.807, 2.05) is 13.8 Å². The molecule has 7 heteroatoms. The Labute approximate surface area is 142 Å². The zero-order valence-electron chi connectivity index (χ0n) is 13.5. The molecule has 1 heterocycles. The lowest BCUT2D eigenvalue weighted by Crippen LogP contribution is -2.54. The topological polar surface area (TPSA) is 49.6 Å². The second kappa shape index (κ2) is 8.45. The number of hydrogen-bond acceptors (Lipinski definition) is 3. The van der Waals surface area contributed by atoms with Crippen LogP contribution in [0.15, 0.2) is 18.2 Å². The van der Waals surface area contributed by atoms with Crippen molar-refractivity contribution in [2.24, 2.45) is 11.7 Å². The molecule has 0 saturated carbocycles. The standard InChI is InChI=1S/C16H23F2N3O.ClH/c1-3-11(2)15(19)16(22)21-8-6-20(7-9-21)14-10-12(17)4-5-13(14)18;/h4-5,10-11,15H,3,6-9,19H2,1-2H3;1H. The fourth-order valence-corrected chi connectivity index (χ4v) is 2.60. The van der Waals surface area contributed by atoms with Crippen molar-refractivity contribution in [1.29, 1.82) is 0 Å². The van der Waals surface area contributed by atoms with E-state index in [0.717, 1.165) is 18.6 Å². The van der Waals surface area contributed by atoms with Crippen LogP contribution in [-0.2, 0) is 4.79 Å². The van der Waals surface area contributed by atoms with E-state index in [9.17, 15) is 13.6 Å². The van der Waals surface area contributed by atoms with Gasteiger partial charge in [0.05, 0.1) is 11.7 Å². The number of anilines is 1. The quantitative estimate of drug-likeness (QED) is 0.910. The summed E-state index contributed by atoms with van der Waals surface area (Å²) < 4.78 is 27.0. The second-order valence-corrected chi connectivity index (χ2v) is 5.82. The van der Waals surface area contributed by atoms with Crippen LogP contribution in [0.25, 0.3) is 0 Å². The Balaban J connectivity index is 0.00000264. The molecule has 2 rings (SSSR count). The fraction of sp³-hybridized carbons (Fsp3) is 0.562. The first-order chi connectivity index (χ1) is 10.4. The van der Waals surface area contributed by atoms with Crippen LogP contribution in [0.1, 0.15) is 20.3 Å². The highest BCUT2D eigenvalue weighted by Crippen LogP contribution is 2.22. The Hall–Kier alpha value is -1.40. The van der Waals surface area contributed by atoms with Crippen LogP contribution in [0.2, 0.25) is 0 Å². The van der Waals surface area contributed by atoms with Gasteiger partial charge in [0.2, 0.25) is 5.91 Å². The predicted molar refractivity (Wildman–Crippen MR) is 89.8 cm³/mol. The molecule has 1 aromatic rings. The summed E-state index contributed by atoms with van der Waals surface area (Å²) in [5, 5.41) is 0. The van der Waals surface area contributed by atoms with E-state index >= 15 is 0 Å². The van der Waals surface area contributed by atoms with Crippen molar-refractivity contribution in [1.82, 2.24) is 4.90 Å². The molecule has 0 radical (unpaired) electrons. The number of halogens is 3. The summed E-state index contributed by atoms with van der Waals surface area (Å²) in [5.41, 5.74) is 6.23. The van der Waals surface area contributed by atoms with Crippen molar-refractivity contribution in [2.75, 3.05) is 31.1 Å². The Kier molecular flexibility index (Phi) is 7.22. The van der Waals surface area contributed by atoms with Crippen LogP contribution >= 0.6 is 12.4 Å². The zero-order valence-corrected chi connectivity index (χ0v) is 14.3. The molecular formula is C16H24ClF2N3O. The maximum Gasteiger partial charge on any atom is 0.239 e. The summed E-state index contributed by atoms with van der Waals surface area (Å²) >= 11 is 0. The summed E-state index contributed by atoms with van der Waals surface area (Å²) in [5.74, 6) is -0.842. The van der Waals surface area contributed by atoms with Crippen LogP contribution in [0.3, 0.4) is 0 Å². The molecule has 130 valence electrons. The number of nitrogens with zero attached hydrogens (tertiary/aromatic N) is 2. The summed E-state index contributed by atoms with van der Waals surface area (Å²) in [7, 11) is 0. The van der Waals surface area contributed by atoms with Gasteiger partial charge < -0.3 is 15.5 Å². The monoisotopic (exact) mass is 347 g/mol. The maximum atomic E-state index is 13.8. The minimum absolute atomic E-state index is 0. The van der Waals surface area contributed by atoms with Crippen LogP contribution in [0, 0.1) is 17.6 Å². The molecule has 0 bridgehead atoms. The molecule has 1 saturated heterocycles. The molecule has 0 spiro atoms. The Morgan fingerprint density at radius 2 is 1.87 bits per heavy atom. The van der Waals surface area contributed by atoms with Gasteiger partial charge >= 0.3 is 0 Å². The number of piperazine rings is 1. The number of amides is 1. The van der Waals surface area contributed by atoms with Crippen LogP contribution in [0.4, 0.5) is 14.5 Å². The SMILES string of the molecule is CCC(C)C(N)C(=O)N1CCN(c2cc(F)ccc2F)CC1.Cl. The third-order valence-corrected chi connectivity index (χ3v) is 4.38. The van der Waals surface area contributed by atoms with Gasteiger partial charge in [-0.05, 0) is 18.1 Å². The number of carbonyl (C=O) groups is 1. The van der Waals surface area contributed by atoms with Gasteiger partial charge in [0.1, 0.15) is 11.6 Å². The molecule has 23 heavy (non-hydrogen) atoms. The molecule has 1 aliphatic heterocycles. The first-order valence-corrected chi connectivity index (χ1v) is 7.68. The highest BCUT2D eigenvalue weighted by molar-refractivity contribution is 5.85. The first kappa shape index (κ1) is 19.6. The maximum absolute atomic E-state index is 13.8. The first-order valence-electron chi connectivity index (χ1n) is 7.68. The minimum atomic E-state index is -0.498. The molecule has 2 atom stereocenters. The summed E-state index contributed by atoms with van der Waals surface area (Å²) in [6.45, 7) is 5.85. The van der Waals surface area contributed by atoms with Crippen LogP contribution in [-0.4, -0.2) is 43.0 Å². The van der Waals surface area contributed by atoms with Crippen molar-refractivity contribution in [3.8, 4) is 0 Å². The van der Waals surface area contributed by atoms with Crippen molar-refractivity contribution in [2.45, 2.75) is 26.3 Å². The van der Waals surface area contributed by atoms with E-state index in [1.165, 1.54) is 6.07 Å². The average molecular weight is 348 g/mol. The van der Waals surface area contributed by atoms with Gasteiger partial charge in [-0.25, -0.2) is 8.78 Å². The lowest BCUT2D eigenvalue weighted by molar-refractivity contribution is -0.134. The highest BCUT2D eigenvalue weighted by Gasteiger charge is 2.28. The Morgan fingerprint density at radius 1 is 1.26 bits per heavy atom. The van der Waals surface area contributed by atoms with Gasteiger partial charge in [0.15, 0.2) is 0 Å². The molecule has 1 fully saturated rings. The van der Waals surface area contributed by atoms with E-state index in [4.69, 9.17) is 5.73 Å². The van der Waals surface area contributed by atoms with Gasteiger partial charge in [-0.2, -0.15) is 0 Å².